The molecule has 0 fully saturated rings. The van der Waals surface area contributed by atoms with Crippen LogP contribution in [0.2, 0.25) is 0 Å². The summed E-state index contributed by atoms with van der Waals surface area (Å²) in [5, 5.41) is 0. The van der Waals surface area contributed by atoms with Gasteiger partial charge in [-0.25, -0.2) is 0 Å². The van der Waals surface area contributed by atoms with Crippen LogP contribution in [-0.2, 0) is 0 Å². The van der Waals surface area contributed by atoms with Crippen LogP contribution in [0.5, 0.6) is 0 Å². The first-order chi connectivity index (χ1) is 6.25. The van der Waals surface area contributed by atoms with E-state index in [2.05, 4.69) is 52.8 Å². The van der Waals surface area contributed by atoms with Crippen LogP contribution >= 0.6 is 39.9 Å². The standard InChI is InChI=1S/C10H7BrS2/c11-10-6-5-9(13-10)7-1-3-8(12)4-2-7/h1-6,12H. The zero-order chi connectivity index (χ0) is 9.26. The SMILES string of the molecule is Sc1ccc(-c2ccc(Br)s2)cc1. The normalized spacial score (nSPS) is 10.3. The van der Waals surface area contributed by atoms with Crippen LogP contribution in [-0.4, -0.2) is 0 Å². The lowest BCUT2D eigenvalue weighted by Crippen LogP contribution is -1.70. The summed E-state index contributed by atoms with van der Waals surface area (Å²) in [5.74, 6) is 0. The highest BCUT2D eigenvalue weighted by Gasteiger charge is 1.99. The number of rotatable bonds is 1. The van der Waals surface area contributed by atoms with Crippen molar-refractivity contribution < 1.29 is 0 Å². The van der Waals surface area contributed by atoms with Gasteiger partial charge in [0.05, 0.1) is 3.79 Å². The van der Waals surface area contributed by atoms with Crippen LogP contribution < -0.4 is 0 Å². The van der Waals surface area contributed by atoms with Crippen LogP contribution in [0.15, 0.2) is 45.1 Å². The van der Waals surface area contributed by atoms with Crippen molar-refractivity contribution in [2.24, 2.45) is 0 Å². The first-order valence-corrected chi connectivity index (χ1v) is 5.86. The molecule has 0 bridgehead atoms. The number of hydrogen-bond acceptors (Lipinski definition) is 2. The largest absolute Gasteiger partial charge is 0.143 e. The van der Waals surface area contributed by atoms with Crippen molar-refractivity contribution in [1.29, 1.82) is 0 Å². The van der Waals surface area contributed by atoms with Gasteiger partial charge in [0.25, 0.3) is 0 Å². The van der Waals surface area contributed by atoms with Gasteiger partial charge in [-0.3, -0.25) is 0 Å². The average molecular weight is 271 g/mol. The monoisotopic (exact) mass is 270 g/mol. The number of hydrogen-bond donors (Lipinski definition) is 1. The zero-order valence-corrected chi connectivity index (χ0v) is 9.99. The van der Waals surface area contributed by atoms with Crippen molar-refractivity contribution >= 4 is 39.9 Å². The summed E-state index contributed by atoms with van der Waals surface area (Å²) < 4.78 is 1.16. The maximum Gasteiger partial charge on any atom is 0.0705 e. The molecule has 1 aromatic carbocycles. The minimum Gasteiger partial charge on any atom is -0.143 e. The Balaban J connectivity index is 2.41. The molecule has 2 rings (SSSR count). The quantitative estimate of drug-likeness (QED) is 0.727. The zero-order valence-electron chi connectivity index (χ0n) is 6.70. The van der Waals surface area contributed by atoms with Crippen molar-refractivity contribution in [3.05, 3.63) is 40.2 Å². The van der Waals surface area contributed by atoms with Gasteiger partial charge in [0.2, 0.25) is 0 Å². The molecular formula is C10H7BrS2. The summed E-state index contributed by atoms with van der Waals surface area (Å²) in [6.45, 7) is 0. The predicted molar refractivity (Wildman–Crippen MR) is 64.7 cm³/mol. The molecule has 0 atom stereocenters. The Bertz CT molecular complexity index is 403. The molecule has 0 nitrogen and oxygen atoms in total. The molecule has 0 aliphatic heterocycles. The van der Waals surface area contributed by atoms with E-state index >= 15 is 0 Å². The molecule has 2 aromatic rings. The smallest absolute Gasteiger partial charge is 0.0705 e. The third kappa shape index (κ3) is 2.16. The van der Waals surface area contributed by atoms with Crippen molar-refractivity contribution in [3.63, 3.8) is 0 Å². The van der Waals surface area contributed by atoms with E-state index in [-0.39, 0.29) is 0 Å². The summed E-state index contributed by atoms with van der Waals surface area (Å²) in [6, 6.07) is 12.4. The highest BCUT2D eigenvalue weighted by atomic mass is 79.9. The minimum absolute atomic E-state index is 0.999. The van der Waals surface area contributed by atoms with E-state index in [0.717, 1.165) is 8.68 Å². The molecule has 0 aliphatic rings. The highest BCUT2D eigenvalue weighted by molar-refractivity contribution is 9.11. The molecule has 0 amide bonds. The third-order valence-corrected chi connectivity index (χ3v) is 3.70. The molecule has 0 unspecified atom stereocenters. The maximum atomic E-state index is 4.24. The van der Waals surface area contributed by atoms with Gasteiger partial charge in [-0.05, 0) is 45.8 Å². The summed E-state index contributed by atoms with van der Waals surface area (Å²) in [7, 11) is 0. The van der Waals surface area contributed by atoms with Crippen LogP contribution in [0.3, 0.4) is 0 Å². The van der Waals surface area contributed by atoms with E-state index in [4.69, 9.17) is 0 Å². The van der Waals surface area contributed by atoms with E-state index in [0.29, 0.717) is 0 Å². The summed E-state index contributed by atoms with van der Waals surface area (Å²) in [6.07, 6.45) is 0. The van der Waals surface area contributed by atoms with Gasteiger partial charge in [0.1, 0.15) is 0 Å². The first kappa shape index (κ1) is 9.31. The molecular weight excluding hydrogens is 264 g/mol. The lowest BCUT2D eigenvalue weighted by Gasteiger charge is -1.96. The Kier molecular flexibility index (Phi) is 2.77. The van der Waals surface area contributed by atoms with Crippen LogP contribution in [0.1, 0.15) is 0 Å². The Morgan fingerprint density at radius 1 is 1.00 bits per heavy atom. The molecule has 1 heterocycles. The lowest BCUT2D eigenvalue weighted by atomic mass is 10.2. The fourth-order valence-corrected chi connectivity index (χ4v) is 2.64. The molecule has 66 valence electrons. The Morgan fingerprint density at radius 2 is 1.69 bits per heavy atom. The van der Waals surface area contributed by atoms with E-state index < -0.39 is 0 Å². The van der Waals surface area contributed by atoms with Gasteiger partial charge in [-0.2, -0.15) is 0 Å². The predicted octanol–water partition coefficient (Wildman–Crippen LogP) is 4.47. The van der Waals surface area contributed by atoms with E-state index in [1.54, 1.807) is 11.3 Å². The second-order valence-corrected chi connectivity index (χ2v) is 5.63. The van der Waals surface area contributed by atoms with Gasteiger partial charge in [-0.15, -0.1) is 24.0 Å². The molecule has 0 aliphatic carbocycles. The van der Waals surface area contributed by atoms with Gasteiger partial charge in [0, 0.05) is 9.77 Å². The van der Waals surface area contributed by atoms with Gasteiger partial charge < -0.3 is 0 Å². The molecule has 0 saturated carbocycles. The number of benzene rings is 1. The summed E-state index contributed by atoms with van der Waals surface area (Å²) in [5.41, 5.74) is 1.24. The molecule has 1 aromatic heterocycles. The van der Waals surface area contributed by atoms with E-state index in [1.807, 2.05) is 12.1 Å². The van der Waals surface area contributed by atoms with Crippen LogP contribution in [0.25, 0.3) is 10.4 Å². The average Bonchev–Trinajstić information content (AvgIpc) is 2.53. The second kappa shape index (κ2) is 3.86. The van der Waals surface area contributed by atoms with Crippen LogP contribution in [0.4, 0.5) is 0 Å². The lowest BCUT2D eigenvalue weighted by molar-refractivity contribution is 1.48. The molecule has 0 saturated heterocycles. The van der Waals surface area contributed by atoms with E-state index in [1.165, 1.54) is 10.4 Å². The van der Waals surface area contributed by atoms with Gasteiger partial charge in [-0.1, -0.05) is 12.1 Å². The molecule has 13 heavy (non-hydrogen) atoms. The highest BCUT2D eigenvalue weighted by Crippen LogP contribution is 2.31. The molecule has 0 N–H and O–H groups in total. The van der Waals surface area contributed by atoms with Crippen LogP contribution in [0, 0.1) is 0 Å². The van der Waals surface area contributed by atoms with Crippen molar-refractivity contribution in [2.45, 2.75) is 4.90 Å². The summed E-state index contributed by atoms with van der Waals surface area (Å²) >= 11 is 9.43. The fourth-order valence-electron chi connectivity index (χ4n) is 1.10. The van der Waals surface area contributed by atoms with Gasteiger partial charge in [0.15, 0.2) is 0 Å². The minimum atomic E-state index is 0.999. The Labute approximate surface area is 95.2 Å². The molecule has 3 heteroatoms. The topological polar surface area (TPSA) is 0 Å². The molecule has 0 radical (unpaired) electrons. The Morgan fingerprint density at radius 3 is 2.23 bits per heavy atom. The number of thiophene rings is 1. The third-order valence-electron chi connectivity index (χ3n) is 1.73. The summed E-state index contributed by atoms with van der Waals surface area (Å²) in [4.78, 5) is 2.28. The number of halogens is 1. The van der Waals surface area contributed by atoms with Crippen molar-refractivity contribution in [1.82, 2.24) is 0 Å². The molecule has 0 spiro atoms. The number of thiol groups is 1. The second-order valence-electron chi connectivity index (χ2n) is 2.65. The first-order valence-electron chi connectivity index (χ1n) is 3.80. The van der Waals surface area contributed by atoms with E-state index in [9.17, 15) is 0 Å². The Hall–Kier alpha value is -0.250. The van der Waals surface area contributed by atoms with Crippen molar-refractivity contribution in [3.8, 4) is 10.4 Å². The van der Waals surface area contributed by atoms with Crippen molar-refractivity contribution in [2.75, 3.05) is 0 Å². The fraction of sp³-hybridized carbons (Fsp3) is 0. The van der Waals surface area contributed by atoms with Gasteiger partial charge >= 0.3 is 0 Å². The maximum absolute atomic E-state index is 4.24.